The topological polar surface area (TPSA) is 76.1 Å². The largest absolute Gasteiger partial charge is 0.330 e. The summed E-state index contributed by atoms with van der Waals surface area (Å²) in [6.07, 6.45) is 32.9. The first-order valence-electron chi connectivity index (χ1n) is 21.3. The maximum Gasteiger partial charge on any atom is 0.0288 e. The lowest BCUT2D eigenvalue weighted by molar-refractivity contribution is -0.0659. The first kappa shape index (κ1) is 39.4. The maximum atomic E-state index is 5.72. The minimum Gasteiger partial charge on any atom is -0.330 e. The van der Waals surface area contributed by atoms with Crippen LogP contribution in [0.2, 0.25) is 0 Å². The van der Waals surface area contributed by atoms with Crippen molar-refractivity contribution in [2.75, 3.05) is 26.2 Å². The zero-order valence-electron chi connectivity index (χ0n) is 32.2. The van der Waals surface area contributed by atoms with E-state index in [2.05, 4.69) is 51.3 Å². The summed E-state index contributed by atoms with van der Waals surface area (Å²) in [6.45, 7) is 17.0. The first-order valence-corrected chi connectivity index (χ1v) is 21.3. The molecule has 4 aliphatic carbocycles. The molecule has 0 aliphatic heterocycles. The van der Waals surface area contributed by atoms with E-state index >= 15 is 0 Å². The molecule has 47 heavy (non-hydrogen) atoms. The van der Waals surface area contributed by atoms with E-state index < -0.39 is 0 Å². The summed E-state index contributed by atoms with van der Waals surface area (Å²) in [6, 6.07) is 1.14. The second-order valence-electron chi connectivity index (χ2n) is 18.1. The molecular weight excluding hydrogens is 573 g/mol. The van der Waals surface area contributed by atoms with Gasteiger partial charge in [0, 0.05) is 12.1 Å². The number of nitrogens with two attached hydrogens (primary N) is 2. The highest BCUT2D eigenvalue weighted by Crippen LogP contribution is 2.67. The summed E-state index contributed by atoms with van der Waals surface area (Å²) in [5.41, 5.74) is 14.2. The minimum absolute atomic E-state index is 0.381. The van der Waals surface area contributed by atoms with E-state index in [1.165, 1.54) is 154 Å². The highest BCUT2D eigenvalue weighted by atomic mass is 14.9. The molecule has 0 heterocycles. The molecule has 6 N–H and O–H groups in total. The van der Waals surface area contributed by atoms with Gasteiger partial charge in [0.05, 0.1) is 0 Å². The van der Waals surface area contributed by atoms with Gasteiger partial charge < -0.3 is 22.1 Å². The van der Waals surface area contributed by atoms with Crippen molar-refractivity contribution < 1.29 is 0 Å². The van der Waals surface area contributed by atoms with Crippen molar-refractivity contribution in [3.63, 3.8) is 0 Å². The van der Waals surface area contributed by atoms with Crippen molar-refractivity contribution in [1.82, 2.24) is 10.6 Å². The van der Waals surface area contributed by atoms with Gasteiger partial charge in [0.1, 0.15) is 0 Å². The molecule has 3 unspecified atom stereocenters. The minimum atomic E-state index is 0.381. The molecule has 0 aromatic rings. The van der Waals surface area contributed by atoms with Crippen LogP contribution in [0.1, 0.15) is 176 Å². The summed E-state index contributed by atoms with van der Waals surface area (Å²) in [5.74, 6) is 5.40. The summed E-state index contributed by atoms with van der Waals surface area (Å²) in [4.78, 5) is 0. The molecule has 0 amide bonds. The molecule has 0 aromatic carbocycles. The van der Waals surface area contributed by atoms with E-state index in [4.69, 9.17) is 11.5 Å². The summed E-state index contributed by atoms with van der Waals surface area (Å²) < 4.78 is 0. The standard InChI is InChI=1S/C43H82N4/c1-33(2)19-18-20-34(3)37-21-22-38-36-32-41(47-30-17-13-9-7-11-15-28-45)40-31-35(46-29-16-12-8-6-10-14-27-44)23-25-43(40,5)39(36)24-26-42(37,38)4/h31,33-39,41,46-47H,6-30,32,44-45H2,1-5H3/t34-,35+,36?,37-,38?,39?,41-,42-,43-/m1/s1. The summed E-state index contributed by atoms with van der Waals surface area (Å²) >= 11 is 0. The van der Waals surface area contributed by atoms with Gasteiger partial charge in [0.15, 0.2) is 0 Å². The molecule has 4 heteroatoms. The van der Waals surface area contributed by atoms with Crippen LogP contribution in [0.15, 0.2) is 11.6 Å². The van der Waals surface area contributed by atoms with Gasteiger partial charge in [-0.05, 0) is 149 Å². The predicted molar refractivity (Wildman–Crippen MR) is 206 cm³/mol. The van der Waals surface area contributed by atoms with Crippen LogP contribution in [0.4, 0.5) is 0 Å². The van der Waals surface area contributed by atoms with Crippen LogP contribution < -0.4 is 22.1 Å². The number of hydrogen-bond donors (Lipinski definition) is 4. The Labute approximate surface area is 293 Å². The highest BCUT2D eigenvalue weighted by molar-refractivity contribution is 5.31. The van der Waals surface area contributed by atoms with Crippen molar-refractivity contribution in [1.29, 1.82) is 0 Å². The van der Waals surface area contributed by atoms with Crippen LogP contribution >= 0.6 is 0 Å². The number of nitrogens with one attached hydrogen (secondary N) is 2. The molecule has 9 atom stereocenters. The fourth-order valence-corrected chi connectivity index (χ4v) is 11.7. The van der Waals surface area contributed by atoms with E-state index in [1.54, 1.807) is 0 Å². The fourth-order valence-electron chi connectivity index (χ4n) is 11.7. The van der Waals surface area contributed by atoms with E-state index in [0.717, 1.165) is 48.6 Å². The first-order chi connectivity index (χ1) is 22.7. The normalized spacial score (nSPS) is 34.2. The Bertz CT molecular complexity index is 900. The van der Waals surface area contributed by atoms with E-state index in [-0.39, 0.29) is 0 Å². The van der Waals surface area contributed by atoms with Crippen LogP contribution in [0, 0.1) is 46.3 Å². The quantitative estimate of drug-likeness (QED) is 0.0653. The van der Waals surface area contributed by atoms with Crippen molar-refractivity contribution in [2.24, 2.45) is 57.8 Å². The molecule has 0 saturated heterocycles. The van der Waals surface area contributed by atoms with Gasteiger partial charge in [-0.1, -0.05) is 111 Å². The van der Waals surface area contributed by atoms with Gasteiger partial charge in [-0.15, -0.1) is 0 Å². The Morgan fingerprint density at radius 3 is 1.94 bits per heavy atom. The van der Waals surface area contributed by atoms with E-state index in [9.17, 15) is 0 Å². The van der Waals surface area contributed by atoms with Crippen molar-refractivity contribution in [2.45, 2.75) is 188 Å². The Hall–Kier alpha value is -0.420. The second kappa shape index (κ2) is 19.8. The molecule has 4 rings (SSSR count). The van der Waals surface area contributed by atoms with Crippen LogP contribution in [-0.4, -0.2) is 38.3 Å². The summed E-state index contributed by atoms with van der Waals surface area (Å²) in [7, 11) is 0. The zero-order valence-corrected chi connectivity index (χ0v) is 32.2. The van der Waals surface area contributed by atoms with Gasteiger partial charge in [-0.2, -0.15) is 0 Å². The van der Waals surface area contributed by atoms with E-state index in [0.29, 0.717) is 22.9 Å². The Morgan fingerprint density at radius 2 is 1.30 bits per heavy atom. The molecule has 0 bridgehead atoms. The number of unbranched alkanes of at least 4 members (excludes halogenated alkanes) is 10. The lowest BCUT2D eigenvalue weighted by Gasteiger charge is -2.61. The van der Waals surface area contributed by atoms with Gasteiger partial charge in [-0.3, -0.25) is 0 Å². The molecule has 3 fully saturated rings. The Kier molecular flexibility index (Phi) is 16.6. The molecule has 4 nitrogen and oxygen atoms in total. The van der Waals surface area contributed by atoms with Gasteiger partial charge in [-0.25, -0.2) is 0 Å². The van der Waals surface area contributed by atoms with Gasteiger partial charge >= 0.3 is 0 Å². The number of fused-ring (bicyclic) bond motifs is 5. The van der Waals surface area contributed by atoms with Crippen LogP contribution in [-0.2, 0) is 0 Å². The smallest absolute Gasteiger partial charge is 0.0288 e. The third-order valence-electron chi connectivity index (χ3n) is 14.4. The van der Waals surface area contributed by atoms with Crippen molar-refractivity contribution in [3.8, 4) is 0 Å². The lowest BCUT2D eigenvalue weighted by atomic mass is 9.45. The highest BCUT2D eigenvalue weighted by Gasteiger charge is 2.60. The van der Waals surface area contributed by atoms with Gasteiger partial charge in [0.25, 0.3) is 0 Å². The predicted octanol–water partition coefficient (Wildman–Crippen LogP) is 10.2. The van der Waals surface area contributed by atoms with Crippen molar-refractivity contribution >= 4 is 0 Å². The Balaban J connectivity index is 1.41. The van der Waals surface area contributed by atoms with Gasteiger partial charge in [0.2, 0.25) is 0 Å². The Morgan fingerprint density at radius 1 is 0.681 bits per heavy atom. The zero-order chi connectivity index (χ0) is 33.7. The fraction of sp³-hybridized carbons (Fsp3) is 0.953. The van der Waals surface area contributed by atoms with Crippen molar-refractivity contribution in [3.05, 3.63) is 11.6 Å². The SMILES string of the molecule is CC(C)CCC[C@@H](C)[C@H]1CCC2C3C[C@@H](NCCCCCCCCN)C4=C[C@@H](NCCCCCCCCN)CC[C@]4(C)C3CC[C@@]21C. The molecule has 0 spiro atoms. The number of rotatable bonds is 23. The lowest BCUT2D eigenvalue weighted by Crippen LogP contribution is -2.57. The van der Waals surface area contributed by atoms with Crippen LogP contribution in [0.3, 0.4) is 0 Å². The van der Waals surface area contributed by atoms with E-state index in [1.807, 2.05) is 5.57 Å². The average molecular weight is 655 g/mol. The molecule has 0 aromatic heterocycles. The second-order valence-corrected chi connectivity index (χ2v) is 18.1. The summed E-state index contributed by atoms with van der Waals surface area (Å²) in [5, 5.41) is 8.26. The number of hydrogen-bond acceptors (Lipinski definition) is 4. The van der Waals surface area contributed by atoms with Crippen LogP contribution in [0.5, 0.6) is 0 Å². The average Bonchev–Trinajstić information content (AvgIpc) is 3.41. The monoisotopic (exact) mass is 655 g/mol. The van der Waals surface area contributed by atoms with Crippen LogP contribution in [0.25, 0.3) is 0 Å². The molecule has 274 valence electrons. The third kappa shape index (κ3) is 10.6. The molecule has 3 saturated carbocycles. The maximum absolute atomic E-state index is 5.72. The molecule has 0 radical (unpaired) electrons. The molecule has 4 aliphatic rings. The third-order valence-corrected chi connectivity index (χ3v) is 14.4. The molecular formula is C43H82N4.